The minimum absolute atomic E-state index is 0.651. The monoisotopic (exact) mass is 262 g/mol. The van der Waals surface area contributed by atoms with E-state index in [1.54, 1.807) is 4.68 Å². The van der Waals surface area contributed by atoms with Crippen molar-refractivity contribution in [3.8, 4) is 0 Å². The van der Waals surface area contributed by atoms with Gasteiger partial charge in [-0.1, -0.05) is 0 Å². The second kappa shape index (κ2) is 3.81. The van der Waals surface area contributed by atoms with Crippen molar-refractivity contribution in [1.82, 2.24) is 29.1 Å². The van der Waals surface area contributed by atoms with Crippen molar-refractivity contribution in [3.05, 3.63) is 28.4 Å². The lowest BCUT2D eigenvalue weighted by Gasteiger charge is -2.02. The number of nitrogens with one attached hydrogen (secondary N) is 1. The molecule has 0 aliphatic carbocycles. The summed E-state index contributed by atoms with van der Waals surface area (Å²) in [5.74, 6) is 0. The van der Waals surface area contributed by atoms with E-state index in [2.05, 4.69) is 15.2 Å². The first-order valence-electron chi connectivity index (χ1n) is 5.67. The molecule has 7 heteroatoms. The third-order valence-electron chi connectivity index (χ3n) is 3.01. The molecule has 6 nitrogen and oxygen atoms in total. The van der Waals surface area contributed by atoms with Crippen LogP contribution in [0.2, 0.25) is 0 Å². The second-order valence-electron chi connectivity index (χ2n) is 4.40. The highest BCUT2D eigenvalue weighted by atomic mass is 32.1. The smallest absolute Gasteiger partial charge is 0.179 e. The number of aryl methyl sites for hydroxylation is 3. The van der Waals surface area contributed by atoms with Gasteiger partial charge < -0.3 is 4.98 Å². The van der Waals surface area contributed by atoms with Crippen LogP contribution >= 0.6 is 12.2 Å². The molecule has 18 heavy (non-hydrogen) atoms. The molecule has 3 aromatic rings. The highest BCUT2D eigenvalue weighted by Gasteiger charge is 2.13. The van der Waals surface area contributed by atoms with Gasteiger partial charge in [0.25, 0.3) is 0 Å². The molecule has 0 amide bonds. The van der Waals surface area contributed by atoms with Crippen LogP contribution in [0.15, 0.2) is 12.3 Å². The highest BCUT2D eigenvalue weighted by molar-refractivity contribution is 7.71. The zero-order valence-corrected chi connectivity index (χ0v) is 11.3. The molecule has 0 spiro atoms. The van der Waals surface area contributed by atoms with Crippen LogP contribution in [-0.2, 0) is 20.6 Å². The van der Waals surface area contributed by atoms with Crippen molar-refractivity contribution < 1.29 is 0 Å². The average molecular weight is 262 g/mol. The normalized spacial score (nSPS) is 11.5. The van der Waals surface area contributed by atoms with Gasteiger partial charge in [-0.3, -0.25) is 13.9 Å². The molecular weight excluding hydrogens is 248 g/mol. The Hall–Kier alpha value is -1.89. The quantitative estimate of drug-likeness (QED) is 0.712. The summed E-state index contributed by atoms with van der Waals surface area (Å²) >= 11 is 5.36. The summed E-state index contributed by atoms with van der Waals surface area (Å²) in [7, 11) is 3.83. The van der Waals surface area contributed by atoms with E-state index in [1.807, 2.05) is 42.5 Å². The summed E-state index contributed by atoms with van der Waals surface area (Å²) in [5, 5.41) is 8.77. The lowest BCUT2D eigenvalue weighted by Crippen LogP contribution is -2.05. The molecule has 94 valence electrons. The average Bonchev–Trinajstić information content (AvgIpc) is 2.91. The Morgan fingerprint density at radius 1 is 1.33 bits per heavy atom. The van der Waals surface area contributed by atoms with Crippen LogP contribution in [0, 0.1) is 11.7 Å². The molecule has 0 aromatic carbocycles. The van der Waals surface area contributed by atoms with Crippen LogP contribution in [0.25, 0.3) is 11.2 Å². The summed E-state index contributed by atoms with van der Waals surface area (Å²) in [5.41, 5.74) is 3.94. The van der Waals surface area contributed by atoms with Gasteiger partial charge in [0.05, 0.1) is 17.9 Å². The van der Waals surface area contributed by atoms with Gasteiger partial charge >= 0.3 is 0 Å². The molecule has 0 saturated carbocycles. The maximum Gasteiger partial charge on any atom is 0.179 e. The van der Waals surface area contributed by atoms with E-state index in [4.69, 9.17) is 12.2 Å². The number of aromatic nitrogens is 6. The molecule has 0 aliphatic heterocycles. The van der Waals surface area contributed by atoms with Crippen molar-refractivity contribution in [2.24, 2.45) is 14.1 Å². The van der Waals surface area contributed by atoms with Crippen LogP contribution in [0.5, 0.6) is 0 Å². The minimum atomic E-state index is 0.651. The van der Waals surface area contributed by atoms with Gasteiger partial charge in [0.1, 0.15) is 5.52 Å². The van der Waals surface area contributed by atoms with Gasteiger partial charge in [0.2, 0.25) is 0 Å². The lowest BCUT2D eigenvalue weighted by atomic mass is 10.4. The SMILES string of the molecule is Cc1nn(C)c2c1[nH]c(=S)n2Cc1ccn(C)n1. The zero-order valence-electron chi connectivity index (χ0n) is 10.5. The molecule has 0 radical (unpaired) electrons. The Kier molecular flexibility index (Phi) is 2.37. The van der Waals surface area contributed by atoms with Crippen molar-refractivity contribution in [2.45, 2.75) is 13.5 Å². The predicted molar refractivity (Wildman–Crippen MR) is 70.9 cm³/mol. The molecule has 3 aromatic heterocycles. The van der Waals surface area contributed by atoms with Crippen molar-refractivity contribution in [1.29, 1.82) is 0 Å². The Morgan fingerprint density at radius 2 is 2.11 bits per heavy atom. The van der Waals surface area contributed by atoms with Crippen LogP contribution in [0.1, 0.15) is 11.4 Å². The molecule has 3 rings (SSSR count). The molecule has 0 atom stereocenters. The largest absolute Gasteiger partial charge is 0.328 e. The number of hydrogen-bond donors (Lipinski definition) is 1. The predicted octanol–water partition coefficient (Wildman–Crippen LogP) is 1.52. The zero-order chi connectivity index (χ0) is 12.9. The summed E-state index contributed by atoms with van der Waals surface area (Å²) < 4.78 is 6.36. The number of imidazole rings is 1. The number of H-pyrrole nitrogens is 1. The second-order valence-corrected chi connectivity index (χ2v) is 4.79. The fourth-order valence-corrected chi connectivity index (χ4v) is 2.48. The summed E-state index contributed by atoms with van der Waals surface area (Å²) in [6, 6.07) is 1.99. The fourth-order valence-electron chi connectivity index (χ4n) is 2.23. The number of hydrogen-bond acceptors (Lipinski definition) is 3. The maximum atomic E-state index is 5.36. The first-order valence-corrected chi connectivity index (χ1v) is 6.07. The van der Waals surface area contributed by atoms with Gasteiger partial charge in [-0.05, 0) is 25.2 Å². The van der Waals surface area contributed by atoms with E-state index < -0.39 is 0 Å². The van der Waals surface area contributed by atoms with Crippen molar-refractivity contribution in [2.75, 3.05) is 0 Å². The Balaban J connectivity index is 2.16. The molecule has 0 unspecified atom stereocenters. The van der Waals surface area contributed by atoms with Crippen LogP contribution in [-0.4, -0.2) is 29.1 Å². The molecule has 1 N–H and O–H groups in total. The van der Waals surface area contributed by atoms with Gasteiger partial charge in [-0.15, -0.1) is 0 Å². The summed E-state index contributed by atoms with van der Waals surface area (Å²) in [4.78, 5) is 3.20. The highest BCUT2D eigenvalue weighted by Crippen LogP contribution is 2.17. The van der Waals surface area contributed by atoms with E-state index in [0.717, 1.165) is 22.6 Å². The van der Waals surface area contributed by atoms with Gasteiger partial charge in [0, 0.05) is 20.3 Å². The van der Waals surface area contributed by atoms with Crippen molar-refractivity contribution >= 4 is 23.4 Å². The van der Waals surface area contributed by atoms with E-state index >= 15 is 0 Å². The summed E-state index contributed by atoms with van der Waals surface area (Å²) in [6.07, 6.45) is 1.93. The topological polar surface area (TPSA) is 56.4 Å². The molecule has 0 aliphatic rings. The van der Waals surface area contributed by atoms with E-state index in [0.29, 0.717) is 11.3 Å². The van der Waals surface area contributed by atoms with Gasteiger partial charge in [0.15, 0.2) is 10.4 Å². The van der Waals surface area contributed by atoms with E-state index in [-0.39, 0.29) is 0 Å². The Labute approximate surface area is 109 Å². The van der Waals surface area contributed by atoms with Crippen LogP contribution in [0.3, 0.4) is 0 Å². The Bertz CT molecular complexity index is 771. The van der Waals surface area contributed by atoms with Gasteiger partial charge in [-0.2, -0.15) is 10.2 Å². The molecule has 0 fully saturated rings. The molecule has 0 saturated heterocycles. The maximum absolute atomic E-state index is 5.36. The number of aromatic amines is 1. The minimum Gasteiger partial charge on any atom is -0.328 e. The third-order valence-corrected chi connectivity index (χ3v) is 3.34. The van der Waals surface area contributed by atoms with E-state index in [9.17, 15) is 0 Å². The molecule has 3 heterocycles. The number of nitrogens with zero attached hydrogens (tertiary/aromatic N) is 5. The van der Waals surface area contributed by atoms with Gasteiger partial charge in [-0.25, -0.2) is 0 Å². The lowest BCUT2D eigenvalue weighted by molar-refractivity contribution is 0.683. The van der Waals surface area contributed by atoms with Crippen LogP contribution in [0.4, 0.5) is 0 Å². The van der Waals surface area contributed by atoms with E-state index in [1.165, 1.54) is 0 Å². The Morgan fingerprint density at radius 3 is 2.78 bits per heavy atom. The fraction of sp³-hybridized carbons (Fsp3) is 0.364. The number of rotatable bonds is 2. The third kappa shape index (κ3) is 1.59. The van der Waals surface area contributed by atoms with Crippen LogP contribution < -0.4 is 0 Å². The summed E-state index contributed by atoms with van der Waals surface area (Å²) in [6.45, 7) is 2.62. The van der Waals surface area contributed by atoms with Crippen molar-refractivity contribution in [3.63, 3.8) is 0 Å². The molecule has 0 bridgehead atoms. The number of fused-ring (bicyclic) bond motifs is 1. The standard InChI is InChI=1S/C11H14N6S/c1-7-9-10(16(3)13-7)17(11(18)12-9)6-8-4-5-15(2)14-8/h4-5H,6H2,1-3H3,(H,12,18). The first-order chi connectivity index (χ1) is 8.56. The molecular formula is C11H14N6S. The first kappa shape index (κ1) is 11.2.